The van der Waals surface area contributed by atoms with Crippen LogP contribution in [0, 0.1) is 0 Å². The summed E-state index contributed by atoms with van der Waals surface area (Å²) in [5, 5.41) is 3.67. The van der Waals surface area contributed by atoms with Crippen molar-refractivity contribution in [1.82, 2.24) is 10.2 Å². The van der Waals surface area contributed by atoms with Gasteiger partial charge < -0.3 is 15.0 Å². The van der Waals surface area contributed by atoms with Crippen molar-refractivity contribution in [2.24, 2.45) is 0 Å². The Balaban J connectivity index is 1.46. The summed E-state index contributed by atoms with van der Waals surface area (Å²) in [7, 11) is 3.56. The van der Waals surface area contributed by atoms with Gasteiger partial charge in [-0.25, -0.2) is 0 Å². The maximum Gasteiger partial charge on any atom is 0.251 e. The van der Waals surface area contributed by atoms with Crippen LogP contribution in [0.1, 0.15) is 30.0 Å². The minimum atomic E-state index is -0.287. The highest BCUT2D eigenvalue weighted by atomic mass is 16.5. The molecule has 25 heavy (non-hydrogen) atoms. The monoisotopic (exact) mass is 336 g/mol. The number of rotatable bonds is 4. The highest BCUT2D eigenvalue weighted by Gasteiger charge is 2.33. The molecule has 0 radical (unpaired) electrons. The van der Waals surface area contributed by atoms with Gasteiger partial charge in [-0.2, -0.15) is 0 Å². The summed E-state index contributed by atoms with van der Waals surface area (Å²) >= 11 is 0. The van der Waals surface area contributed by atoms with E-state index < -0.39 is 0 Å². The van der Waals surface area contributed by atoms with E-state index in [1.54, 1.807) is 19.0 Å². The zero-order valence-corrected chi connectivity index (χ0v) is 14.7. The summed E-state index contributed by atoms with van der Waals surface area (Å²) in [6, 6.07) is 17.3. The number of hydrogen-bond donors (Lipinski definition) is 1. The van der Waals surface area contributed by atoms with Crippen molar-refractivity contribution in [3.05, 3.63) is 59.7 Å². The molecule has 1 fully saturated rings. The second-order valence-electron chi connectivity index (χ2n) is 7.07. The van der Waals surface area contributed by atoms with Gasteiger partial charge in [0.25, 0.3) is 5.91 Å². The van der Waals surface area contributed by atoms with Gasteiger partial charge in [0.15, 0.2) is 0 Å². The van der Waals surface area contributed by atoms with Crippen molar-refractivity contribution in [2.75, 3.05) is 20.6 Å². The third-order valence-electron chi connectivity index (χ3n) is 5.21. The van der Waals surface area contributed by atoms with E-state index in [4.69, 9.17) is 4.74 Å². The summed E-state index contributed by atoms with van der Waals surface area (Å²) in [5.41, 5.74) is 5.26. The SMILES string of the molecule is CN(C)C(=O)[C@H]1CC[C@H](CNC2c3ccccc3-c3ccccc32)O1. The zero-order chi connectivity index (χ0) is 17.4. The van der Waals surface area contributed by atoms with Crippen LogP contribution in [0.5, 0.6) is 0 Å². The lowest BCUT2D eigenvalue weighted by atomic mass is 10.0. The molecular weight excluding hydrogens is 312 g/mol. The Labute approximate surface area is 148 Å². The first-order chi connectivity index (χ1) is 12.1. The van der Waals surface area contributed by atoms with Gasteiger partial charge in [0, 0.05) is 20.6 Å². The number of hydrogen-bond acceptors (Lipinski definition) is 3. The van der Waals surface area contributed by atoms with E-state index in [2.05, 4.69) is 53.8 Å². The normalized spacial score (nSPS) is 21.8. The molecule has 1 amide bonds. The Hall–Kier alpha value is -2.17. The fourth-order valence-electron chi connectivity index (χ4n) is 3.95. The Morgan fingerprint density at radius 1 is 1.04 bits per heavy atom. The van der Waals surface area contributed by atoms with Gasteiger partial charge in [0.1, 0.15) is 6.10 Å². The average Bonchev–Trinajstić information content (AvgIpc) is 3.22. The predicted octanol–water partition coefficient (Wildman–Crippen LogP) is 2.98. The molecule has 4 rings (SSSR count). The summed E-state index contributed by atoms with van der Waals surface area (Å²) in [5.74, 6) is 0.0686. The van der Waals surface area contributed by atoms with Crippen LogP contribution in [0.2, 0.25) is 0 Å². The van der Waals surface area contributed by atoms with Crippen LogP contribution in [0.4, 0.5) is 0 Å². The molecule has 2 atom stereocenters. The molecular formula is C21H24N2O2. The van der Waals surface area contributed by atoms with Crippen LogP contribution in [-0.4, -0.2) is 43.7 Å². The first-order valence-corrected chi connectivity index (χ1v) is 8.93. The number of carbonyl (C=O) groups excluding carboxylic acids is 1. The van der Waals surface area contributed by atoms with Crippen LogP contribution in [0.25, 0.3) is 11.1 Å². The molecule has 4 nitrogen and oxygen atoms in total. The highest BCUT2D eigenvalue weighted by Crippen LogP contribution is 2.43. The van der Waals surface area contributed by atoms with Crippen molar-refractivity contribution >= 4 is 5.91 Å². The number of carbonyl (C=O) groups is 1. The molecule has 130 valence electrons. The van der Waals surface area contributed by atoms with Crippen LogP contribution in [-0.2, 0) is 9.53 Å². The minimum Gasteiger partial charge on any atom is -0.364 e. The summed E-state index contributed by atoms with van der Waals surface area (Å²) in [6.45, 7) is 0.755. The van der Waals surface area contributed by atoms with Crippen molar-refractivity contribution in [3.63, 3.8) is 0 Å². The molecule has 0 saturated carbocycles. The number of benzene rings is 2. The van der Waals surface area contributed by atoms with Crippen LogP contribution in [0.15, 0.2) is 48.5 Å². The van der Waals surface area contributed by atoms with E-state index in [0.29, 0.717) is 0 Å². The van der Waals surface area contributed by atoms with Crippen molar-refractivity contribution in [2.45, 2.75) is 31.1 Å². The van der Waals surface area contributed by atoms with Crippen LogP contribution >= 0.6 is 0 Å². The van der Waals surface area contributed by atoms with Crippen molar-refractivity contribution in [3.8, 4) is 11.1 Å². The number of amides is 1. The number of ether oxygens (including phenoxy) is 1. The van der Waals surface area contributed by atoms with Crippen molar-refractivity contribution in [1.29, 1.82) is 0 Å². The van der Waals surface area contributed by atoms with E-state index in [1.807, 2.05) is 0 Å². The molecule has 2 aromatic rings. The van der Waals surface area contributed by atoms with Gasteiger partial charge in [-0.3, -0.25) is 4.79 Å². The van der Waals surface area contributed by atoms with Gasteiger partial charge in [-0.15, -0.1) is 0 Å². The van der Waals surface area contributed by atoms with Crippen LogP contribution < -0.4 is 5.32 Å². The molecule has 0 bridgehead atoms. The van der Waals surface area contributed by atoms with Crippen molar-refractivity contribution < 1.29 is 9.53 Å². The average molecular weight is 336 g/mol. The predicted molar refractivity (Wildman–Crippen MR) is 98.3 cm³/mol. The second kappa shape index (κ2) is 6.62. The molecule has 1 aliphatic heterocycles. The van der Waals surface area contributed by atoms with Gasteiger partial charge in [-0.05, 0) is 35.1 Å². The molecule has 1 aliphatic carbocycles. The van der Waals surface area contributed by atoms with Gasteiger partial charge >= 0.3 is 0 Å². The third-order valence-corrected chi connectivity index (χ3v) is 5.21. The molecule has 0 spiro atoms. The van der Waals surface area contributed by atoms with Crippen LogP contribution in [0.3, 0.4) is 0 Å². The molecule has 1 N–H and O–H groups in total. The Kier molecular flexibility index (Phi) is 4.32. The summed E-state index contributed by atoms with van der Waals surface area (Å²) in [6.07, 6.45) is 1.54. The molecule has 4 heteroatoms. The van der Waals surface area contributed by atoms with Gasteiger partial charge in [0.2, 0.25) is 0 Å². The lowest BCUT2D eigenvalue weighted by Gasteiger charge is -2.20. The fourth-order valence-corrected chi connectivity index (χ4v) is 3.95. The molecule has 0 aromatic heterocycles. The van der Waals surface area contributed by atoms with E-state index in [1.165, 1.54) is 22.3 Å². The molecule has 1 saturated heterocycles. The maximum atomic E-state index is 12.1. The lowest BCUT2D eigenvalue weighted by Crippen LogP contribution is -2.35. The van der Waals surface area contributed by atoms with E-state index in [-0.39, 0.29) is 24.2 Å². The smallest absolute Gasteiger partial charge is 0.251 e. The minimum absolute atomic E-state index is 0.0686. The van der Waals surface area contributed by atoms with E-state index in [0.717, 1.165) is 19.4 Å². The van der Waals surface area contributed by atoms with Gasteiger partial charge in [0.05, 0.1) is 12.1 Å². The molecule has 2 aromatic carbocycles. The largest absolute Gasteiger partial charge is 0.364 e. The Morgan fingerprint density at radius 2 is 1.64 bits per heavy atom. The summed E-state index contributed by atoms with van der Waals surface area (Å²) < 4.78 is 5.97. The number of likely N-dealkylation sites (N-methyl/N-ethyl adjacent to an activating group) is 1. The van der Waals surface area contributed by atoms with Gasteiger partial charge in [-0.1, -0.05) is 48.5 Å². The molecule has 0 unspecified atom stereocenters. The zero-order valence-electron chi connectivity index (χ0n) is 14.7. The second-order valence-corrected chi connectivity index (χ2v) is 7.07. The molecule has 2 aliphatic rings. The number of fused-ring (bicyclic) bond motifs is 3. The lowest BCUT2D eigenvalue weighted by molar-refractivity contribution is -0.140. The molecule has 1 heterocycles. The summed E-state index contributed by atoms with van der Waals surface area (Å²) in [4.78, 5) is 13.7. The van der Waals surface area contributed by atoms with E-state index >= 15 is 0 Å². The Morgan fingerprint density at radius 3 is 2.24 bits per heavy atom. The highest BCUT2D eigenvalue weighted by molar-refractivity contribution is 5.80. The quantitative estimate of drug-likeness (QED) is 0.933. The third kappa shape index (κ3) is 2.96. The van der Waals surface area contributed by atoms with E-state index in [9.17, 15) is 4.79 Å². The number of nitrogens with zero attached hydrogens (tertiary/aromatic N) is 1. The fraction of sp³-hybridized carbons (Fsp3) is 0.381. The maximum absolute atomic E-state index is 12.1. The Bertz CT molecular complexity index is 741. The first kappa shape index (κ1) is 16.3. The topological polar surface area (TPSA) is 41.6 Å². The standard InChI is InChI=1S/C21H24N2O2/c1-23(2)21(24)19-12-11-14(25-19)13-22-20-17-9-5-3-7-15(17)16-8-4-6-10-18(16)20/h3-10,14,19-20,22H,11-13H2,1-2H3/t14-,19-/m1/s1. The first-order valence-electron chi connectivity index (χ1n) is 8.93. The number of nitrogens with one attached hydrogen (secondary N) is 1.